The van der Waals surface area contributed by atoms with Crippen LogP contribution in [0.15, 0.2) is 36.8 Å². The number of hydrogen-bond donors (Lipinski definition) is 2. The van der Waals surface area contributed by atoms with Gasteiger partial charge in [0.1, 0.15) is 0 Å². The number of imidazole rings is 1. The summed E-state index contributed by atoms with van der Waals surface area (Å²) in [6, 6.07) is 7.06. The maximum Gasteiger partial charge on any atom is 0.248 e. The van der Waals surface area contributed by atoms with Crippen LogP contribution in [0.4, 0.5) is 5.69 Å². The molecule has 1 heterocycles. The summed E-state index contributed by atoms with van der Waals surface area (Å²) in [6.45, 7) is 0.687. The predicted molar refractivity (Wildman–Crippen MR) is 65.5 cm³/mol. The summed E-state index contributed by atoms with van der Waals surface area (Å²) in [5.74, 6) is -0.414. The average Bonchev–Trinajstić information content (AvgIpc) is 2.73. The van der Waals surface area contributed by atoms with Gasteiger partial charge in [0.2, 0.25) is 5.91 Å². The number of carbonyl (C=O) groups is 1. The molecule has 0 saturated carbocycles. The number of amides is 1. The zero-order chi connectivity index (χ0) is 12.3. The first-order chi connectivity index (χ1) is 8.16. The molecule has 0 bridgehead atoms. The van der Waals surface area contributed by atoms with Gasteiger partial charge in [0.15, 0.2) is 0 Å². The molecule has 88 valence electrons. The highest BCUT2D eigenvalue weighted by Crippen LogP contribution is 2.10. The van der Waals surface area contributed by atoms with E-state index < -0.39 is 5.91 Å². The highest BCUT2D eigenvalue weighted by atomic mass is 16.1. The van der Waals surface area contributed by atoms with Crippen LogP contribution in [0.2, 0.25) is 0 Å². The number of primary amides is 1. The number of rotatable bonds is 4. The van der Waals surface area contributed by atoms with Crippen molar-refractivity contribution in [1.29, 1.82) is 0 Å². The van der Waals surface area contributed by atoms with Gasteiger partial charge in [-0.15, -0.1) is 0 Å². The fourth-order valence-electron chi connectivity index (χ4n) is 1.50. The zero-order valence-corrected chi connectivity index (χ0v) is 9.55. The molecule has 1 aromatic carbocycles. The molecule has 17 heavy (non-hydrogen) atoms. The summed E-state index contributed by atoms with van der Waals surface area (Å²) in [5.41, 5.74) is 7.70. The number of aryl methyl sites for hydroxylation is 1. The number of nitrogens with two attached hydrogens (primary N) is 1. The van der Waals surface area contributed by atoms with Crippen LogP contribution in [-0.4, -0.2) is 15.5 Å². The Bertz CT molecular complexity index is 516. The molecule has 5 heteroatoms. The normalized spacial score (nSPS) is 10.2. The van der Waals surface area contributed by atoms with Crippen molar-refractivity contribution in [3.05, 3.63) is 48.0 Å². The second kappa shape index (κ2) is 4.69. The Hall–Kier alpha value is -2.30. The van der Waals surface area contributed by atoms with Gasteiger partial charge in [0.05, 0.1) is 18.6 Å². The Kier molecular flexibility index (Phi) is 3.09. The van der Waals surface area contributed by atoms with Crippen LogP contribution in [0.5, 0.6) is 0 Å². The quantitative estimate of drug-likeness (QED) is 0.827. The molecule has 0 aliphatic rings. The van der Waals surface area contributed by atoms with Crippen molar-refractivity contribution in [3.63, 3.8) is 0 Å². The van der Waals surface area contributed by atoms with E-state index in [-0.39, 0.29) is 0 Å². The number of nitrogens with zero attached hydrogens (tertiary/aromatic N) is 2. The van der Waals surface area contributed by atoms with Crippen molar-refractivity contribution in [1.82, 2.24) is 9.55 Å². The molecule has 0 unspecified atom stereocenters. The van der Waals surface area contributed by atoms with Crippen molar-refractivity contribution in [2.24, 2.45) is 12.8 Å². The van der Waals surface area contributed by atoms with Gasteiger partial charge in [-0.25, -0.2) is 4.98 Å². The molecule has 0 saturated heterocycles. The summed E-state index contributed by atoms with van der Waals surface area (Å²) < 4.78 is 1.95. The van der Waals surface area contributed by atoms with E-state index in [0.717, 1.165) is 11.4 Å². The van der Waals surface area contributed by atoms with E-state index >= 15 is 0 Å². The van der Waals surface area contributed by atoms with Gasteiger partial charge < -0.3 is 15.6 Å². The van der Waals surface area contributed by atoms with Crippen molar-refractivity contribution >= 4 is 11.6 Å². The van der Waals surface area contributed by atoms with Crippen LogP contribution in [0.25, 0.3) is 0 Å². The largest absolute Gasteiger partial charge is 0.379 e. The average molecular weight is 230 g/mol. The van der Waals surface area contributed by atoms with Crippen molar-refractivity contribution in [2.45, 2.75) is 6.54 Å². The fourth-order valence-corrected chi connectivity index (χ4v) is 1.50. The lowest BCUT2D eigenvalue weighted by Crippen LogP contribution is -2.10. The third kappa shape index (κ3) is 2.63. The molecule has 0 aliphatic heterocycles. The minimum absolute atomic E-state index is 0.414. The van der Waals surface area contributed by atoms with Gasteiger partial charge in [-0.05, 0) is 24.3 Å². The Morgan fingerprint density at radius 2 is 2.12 bits per heavy atom. The van der Waals surface area contributed by atoms with Crippen LogP contribution < -0.4 is 11.1 Å². The number of hydrogen-bond acceptors (Lipinski definition) is 3. The summed E-state index contributed by atoms with van der Waals surface area (Å²) in [6.07, 6.45) is 3.57. The number of anilines is 1. The van der Waals surface area contributed by atoms with Gasteiger partial charge in [-0.1, -0.05) is 0 Å². The molecule has 5 nitrogen and oxygen atoms in total. The van der Waals surface area contributed by atoms with Crippen LogP contribution in [0, 0.1) is 0 Å². The molecule has 0 fully saturated rings. The molecule has 2 aromatic rings. The molecule has 0 aliphatic carbocycles. The minimum Gasteiger partial charge on any atom is -0.379 e. The lowest BCUT2D eigenvalue weighted by molar-refractivity contribution is 0.100. The molecule has 0 radical (unpaired) electrons. The van der Waals surface area contributed by atoms with E-state index in [1.165, 1.54) is 0 Å². The summed E-state index contributed by atoms with van der Waals surface area (Å²) in [7, 11) is 1.94. The number of carbonyl (C=O) groups excluding carboxylic acids is 1. The smallest absolute Gasteiger partial charge is 0.248 e. The van der Waals surface area contributed by atoms with Crippen molar-refractivity contribution < 1.29 is 4.79 Å². The topological polar surface area (TPSA) is 72.9 Å². The van der Waals surface area contributed by atoms with Crippen LogP contribution in [0.3, 0.4) is 0 Å². The lowest BCUT2D eigenvalue weighted by Gasteiger charge is -2.07. The highest BCUT2D eigenvalue weighted by Gasteiger charge is 2.01. The van der Waals surface area contributed by atoms with Gasteiger partial charge >= 0.3 is 0 Å². The minimum atomic E-state index is -0.414. The highest BCUT2D eigenvalue weighted by molar-refractivity contribution is 5.93. The molecule has 0 spiro atoms. The van der Waals surface area contributed by atoms with E-state index in [0.29, 0.717) is 12.1 Å². The molecule has 1 amide bonds. The third-order valence-electron chi connectivity index (χ3n) is 2.56. The molecule has 1 aromatic heterocycles. The molecule has 2 rings (SSSR count). The Morgan fingerprint density at radius 1 is 1.41 bits per heavy atom. The summed E-state index contributed by atoms with van der Waals surface area (Å²) >= 11 is 0. The Morgan fingerprint density at radius 3 is 2.65 bits per heavy atom. The van der Waals surface area contributed by atoms with E-state index in [4.69, 9.17) is 5.73 Å². The SMILES string of the molecule is Cn1cncc1CNc1ccc(C(N)=O)cc1. The fraction of sp³-hybridized carbons (Fsp3) is 0.167. The molecular weight excluding hydrogens is 216 g/mol. The summed E-state index contributed by atoms with van der Waals surface area (Å²) in [5, 5.41) is 3.24. The number of benzene rings is 1. The zero-order valence-electron chi connectivity index (χ0n) is 9.55. The van der Waals surface area contributed by atoms with E-state index in [1.807, 2.05) is 29.9 Å². The first-order valence-electron chi connectivity index (χ1n) is 5.26. The van der Waals surface area contributed by atoms with Crippen molar-refractivity contribution in [3.8, 4) is 0 Å². The van der Waals surface area contributed by atoms with Crippen LogP contribution >= 0.6 is 0 Å². The lowest BCUT2D eigenvalue weighted by atomic mass is 10.2. The second-order valence-electron chi connectivity index (χ2n) is 3.79. The van der Waals surface area contributed by atoms with Crippen LogP contribution in [0.1, 0.15) is 16.1 Å². The predicted octanol–water partition coefficient (Wildman–Crippen LogP) is 1.13. The Balaban J connectivity index is 2.00. The first-order valence-corrected chi connectivity index (χ1v) is 5.26. The van der Waals surface area contributed by atoms with Gasteiger partial charge in [0, 0.05) is 24.5 Å². The van der Waals surface area contributed by atoms with E-state index in [2.05, 4.69) is 10.3 Å². The standard InChI is InChI=1S/C12H14N4O/c1-16-8-14-6-11(16)7-15-10-4-2-9(3-5-10)12(13)17/h2-6,8,15H,7H2,1H3,(H2,13,17). The molecular formula is C12H14N4O. The summed E-state index contributed by atoms with van der Waals surface area (Å²) in [4.78, 5) is 14.9. The van der Waals surface area contributed by atoms with Crippen LogP contribution in [-0.2, 0) is 13.6 Å². The maximum atomic E-state index is 10.9. The van der Waals surface area contributed by atoms with Gasteiger partial charge in [-0.2, -0.15) is 0 Å². The Labute approximate surface area is 99.3 Å². The first kappa shape index (κ1) is 11.2. The third-order valence-corrected chi connectivity index (χ3v) is 2.56. The monoisotopic (exact) mass is 230 g/mol. The number of nitrogens with one attached hydrogen (secondary N) is 1. The van der Waals surface area contributed by atoms with Gasteiger partial charge in [0.25, 0.3) is 0 Å². The maximum absolute atomic E-state index is 10.9. The van der Waals surface area contributed by atoms with Crippen molar-refractivity contribution in [2.75, 3.05) is 5.32 Å². The van der Waals surface area contributed by atoms with E-state index in [1.54, 1.807) is 18.5 Å². The number of aromatic nitrogens is 2. The molecule has 0 atom stereocenters. The van der Waals surface area contributed by atoms with E-state index in [9.17, 15) is 4.79 Å². The second-order valence-corrected chi connectivity index (χ2v) is 3.79. The van der Waals surface area contributed by atoms with Gasteiger partial charge in [-0.3, -0.25) is 4.79 Å². The molecule has 3 N–H and O–H groups in total.